The van der Waals surface area contributed by atoms with Crippen LogP contribution in [0.5, 0.6) is 0 Å². The van der Waals surface area contributed by atoms with Crippen molar-refractivity contribution in [2.24, 2.45) is 11.8 Å². The highest BCUT2D eigenvalue weighted by molar-refractivity contribution is 5.14. The minimum atomic E-state index is 0.458. The fraction of sp³-hybridized carbons (Fsp3) is 0.706. The fourth-order valence-electron chi connectivity index (χ4n) is 3.51. The molecule has 0 bridgehead atoms. The van der Waals surface area contributed by atoms with E-state index >= 15 is 0 Å². The van der Waals surface area contributed by atoms with E-state index in [1.807, 2.05) is 12.4 Å². The molecular weight excluding hydrogens is 246 g/mol. The normalized spacial score (nSPS) is 29.6. The van der Waals surface area contributed by atoms with Gasteiger partial charge in [-0.2, -0.15) is 0 Å². The summed E-state index contributed by atoms with van der Waals surface area (Å²) in [5.74, 6) is 1.61. The van der Waals surface area contributed by atoms with Crippen LogP contribution in [0.4, 0.5) is 0 Å². The highest BCUT2D eigenvalue weighted by atomic mass is 15.3. The molecule has 1 saturated heterocycles. The van der Waals surface area contributed by atoms with Crippen molar-refractivity contribution >= 4 is 0 Å². The van der Waals surface area contributed by atoms with Crippen LogP contribution in [0, 0.1) is 11.8 Å². The lowest BCUT2D eigenvalue weighted by Gasteiger charge is -2.45. The first-order chi connectivity index (χ1) is 9.66. The zero-order chi connectivity index (χ0) is 14.1. The Morgan fingerprint density at radius 3 is 2.70 bits per heavy atom. The zero-order valence-corrected chi connectivity index (χ0v) is 12.9. The molecule has 1 aromatic heterocycles. The number of aromatic nitrogens is 1. The number of nitrogens with one attached hydrogen (secondary N) is 1. The number of piperazine rings is 1. The van der Waals surface area contributed by atoms with Gasteiger partial charge in [0.2, 0.25) is 0 Å². The van der Waals surface area contributed by atoms with E-state index < -0.39 is 0 Å². The zero-order valence-electron chi connectivity index (χ0n) is 12.9. The Bertz CT molecular complexity index is 427. The molecule has 0 spiro atoms. The Labute approximate surface area is 122 Å². The third kappa shape index (κ3) is 2.89. The van der Waals surface area contributed by atoms with E-state index in [-0.39, 0.29) is 0 Å². The maximum Gasteiger partial charge on any atom is 0.0339 e. The molecule has 1 aliphatic carbocycles. The molecule has 2 fully saturated rings. The van der Waals surface area contributed by atoms with Crippen molar-refractivity contribution in [2.45, 2.75) is 51.7 Å². The lowest BCUT2D eigenvalue weighted by Crippen LogP contribution is -2.59. The maximum atomic E-state index is 4.29. The second-order valence-corrected chi connectivity index (χ2v) is 6.82. The molecule has 0 radical (unpaired) electrons. The predicted octanol–water partition coefficient (Wildman–Crippen LogP) is 2.85. The van der Waals surface area contributed by atoms with E-state index in [9.17, 15) is 0 Å². The molecule has 20 heavy (non-hydrogen) atoms. The van der Waals surface area contributed by atoms with E-state index in [0.29, 0.717) is 24.0 Å². The molecule has 1 aliphatic heterocycles. The average Bonchev–Trinajstić information content (AvgIpc) is 3.31. The first-order valence-electron chi connectivity index (χ1n) is 8.06. The molecule has 1 saturated carbocycles. The number of pyridine rings is 1. The predicted molar refractivity (Wildman–Crippen MR) is 82.5 cm³/mol. The first kappa shape index (κ1) is 14.0. The molecule has 3 heteroatoms. The van der Waals surface area contributed by atoms with Crippen molar-refractivity contribution in [3.63, 3.8) is 0 Å². The van der Waals surface area contributed by atoms with Gasteiger partial charge < -0.3 is 5.32 Å². The smallest absolute Gasteiger partial charge is 0.0339 e. The summed E-state index contributed by atoms with van der Waals surface area (Å²) in [5.41, 5.74) is 1.34. The molecule has 2 heterocycles. The van der Waals surface area contributed by atoms with Crippen molar-refractivity contribution in [3.05, 3.63) is 30.1 Å². The van der Waals surface area contributed by atoms with E-state index in [0.717, 1.165) is 12.5 Å². The van der Waals surface area contributed by atoms with Crippen molar-refractivity contribution in [3.8, 4) is 0 Å². The second kappa shape index (κ2) is 5.82. The summed E-state index contributed by atoms with van der Waals surface area (Å²) in [4.78, 5) is 7.00. The number of nitrogens with zero attached hydrogens (tertiary/aromatic N) is 2. The lowest BCUT2D eigenvalue weighted by atomic mass is 9.94. The van der Waals surface area contributed by atoms with Gasteiger partial charge in [0.25, 0.3) is 0 Å². The molecule has 3 nitrogen and oxygen atoms in total. The number of rotatable bonds is 4. The van der Waals surface area contributed by atoms with Gasteiger partial charge in [0.15, 0.2) is 0 Å². The Kier molecular flexibility index (Phi) is 4.08. The monoisotopic (exact) mass is 273 g/mol. The van der Waals surface area contributed by atoms with Crippen LogP contribution in [0.25, 0.3) is 0 Å². The Balaban J connectivity index is 1.77. The highest BCUT2D eigenvalue weighted by Crippen LogP contribution is 2.36. The van der Waals surface area contributed by atoms with Crippen LogP contribution < -0.4 is 5.32 Å². The van der Waals surface area contributed by atoms with Crippen LogP contribution in [0.3, 0.4) is 0 Å². The molecular formula is C17H27N3. The standard InChI is InChI=1S/C17H27N3/c1-12(2)17-10-19-16(14-6-7-14)11-20(17)13(3)15-5-4-8-18-9-15/h4-5,8-9,12-14,16-17,19H,6-7,10-11H2,1-3H3. The molecule has 0 aromatic carbocycles. The third-order valence-electron chi connectivity index (χ3n) is 5.05. The van der Waals surface area contributed by atoms with Gasteiger partial charge in [0, 0.05) is 43.6 Å². The average molecular weight is 273 g/mol. The van der Waals surface area contributed by atoms with Crippen molar-refractivity contribution in [1.29, 1.82) is 0 Å². The molecule has 3 unspecified atom stereocenters. The summed E-state index contributed by atoms with van der Waals surface area (Å²) in [6, 6.07) is 6.05. The largest absolute Gasteiger partial charge is 0.311 e. The first-order valence-corrected chi connectivity index (χ1v) is 8.06. The summed E-state index contributed by atoms with van der Waals surface area (Å²) >= 11 is 0. The Hall–Kier alpha value is -0.930. The third-order valence-corrected chi connectivity index (χ3v) is 5.05. The second-order valence-electron chi connectivity index (χ2n) is 6.82. The molecule has 1 aromatic rings. The highest BCUT2D eigenvalue weighted by Gasteiger charge is 2.39. The summed E-state index contributed by atoms with van der Waals surface area (Å²) in [6.07, 6.45) is 6.72. The van der Waals surface area contributed by atoms with Gasteiger partial charge in [-0.1, -0.05) is 19.9 Å². The van der Waals surface area contributed by atoms with E-state index in [2.05, 4.69) is 48.1 Å². The topological polar surface area (TPSA) is 28.2 Å². The SMILES string of the molecule is CC(C)C1CNC(C2CC2)CN1C(C)c1cccnc1. The van der Waals surface area contributed by atoms with Crippen LogP contribution in [-0.2, 0) is 0 Å². The van der Waals surface area contributed by atoms with Crippen LogP contribution in [0.15, 0.2) is 24.5 Å². The molecule has 1 N–H and O–H groups in total. The Morgan fingerprint density at radius 1 is 1.30 bits per heavy atom. The Morgan fingerprint density at radius 2 is 2.10 bits per heavy atom. The van der Waals surface area contributed by atoms with E-state index in [1.54, 1.807) is 0 Å². The summed E-state index contributed by atoms with van der Waals surface area (Å²) < 4.78 is 0. The maximum absolute atomic E-state index is 4.29. The van der Waals surface area contributed by atoms with Gasteiger partial charge in [0.05, 0.1) is 0 Å². The van der Waals surface area contributed by atoms with Gasteiger partial charge in [-0.05, 0) is 43.2 Å². The van der Waals surface area contributed by atoms with Gasteiger partial charge in [-0.15, -0.1) is 0 Å². The van der Waals surface area contributed by atoms with Crippen molar-refractivity contribution < 1.29 is 0 Å². The summed E-state index contributed by atoms with van der Waals surface area (Å²) in [7, 11) is 0. The van der Waals surface area contributed by atoms with Crippen molar-refractivity contribution in [1.82, 2.24) is 15.2 Å². The summed E-state index contributed by atoms with van der Waals surface area (Å²) in [5, 5.41) is 3.79. The molecule has 0 amide bonds. The molecule has 2 aliphatic rings. The van der Waals surface area contributed by atoms with E-state index in [1.165, 1.54) is 24.9 Å². The minimum absolute atomic E-state index is 0.458. The van der Waals surface area contributed by atoms with E-state index in [4.69, 9.17) is 0 Å². The van der Waals surface area contributed by atoms with Crippen LogP contribution in [0.2, 0.25) is 0 Å². The number of hydrogen-bond acceptors (Lipinski definition) is 3. The fourth-order valence-corrected chi connectivity index (χ4v) is 3.51. The molecule has 110 valence electrons. The summed E-state index contributed by atoms with van der Waals surface area (Å²) in [6.45, 7) is 9.33. The molecule has 3 atom stereocenters. The lowest BCUT2D eigenvalue weighted by molar-refractivity contribution is 0.0568. The van der Waals surface area contributed by atoms with Crippen LogP contribution in [0.1, 0.15) is 45.2 Å². The van der Waals surface area contributed by atoms with Crippen LogP contribution >= 0.6 is 0 Å². The number of hydrogen-bond donors (Lipinski definition) is 1. The van der Waals surface area contributed by atoms with Crippen molar-refractivity contribution in [2.75, 3.05) is 13.1 Å². The molecule has 3 rings (SSSR count). The van der Waals surface area contributed by atoms with Gasteiger partial charge >= 0.3 is 0 Å². The minimum Gasteiger partial charge on any atom is -0.311 e. The quantitative estimate of drug-likeness (QED) is 0.914. The van der Waals surface area contributed by atoms with Gasteiger partial charge in [-0.25, -0.2) is 0 Å². The van der Waals surface area contributed by atoms with Crippen LogP contribution in [-0.4, -0.2) is 35.1 Å². The van der Waals surface area contributed by atoms with Gasteiger partial charge in [-0.3, -0.25) is 9.88 Å². The van der Waals surface area contributed by atoms with Gasteiger partial charge in [0.1, 0.15) is 0 Å².